The van der Waals surface area contributed by atoms with Gasteiger partial charge in [-0.25, -0.2) is 0 Å². The Bertz CT molecular complexity index is 743. The van der Waals surface area contributed by atoms with Crippen molar-refractivity contribution in [1.82, 2.24) is 15.1 Å². The van der Waals surface area contributed by atoms with Crippen molar-refractivity contribution in [3.05, 3.63) is 53.5 Å². The number of benzene rings is 1. The first kappa shape index (κ1) is 22.3. The summed E-state index contributed by atoms with van der Waals surface area (Å²) in [4.78, 5) is 17.0. The van der Waals surface area contributed by atoms with E-state index in [1.165, 1.54) is 5.56 Å². The first-order chi connectivity index (χ1) is 13.0. The predicted octanol–water partition coefficient (Wildman–Crippen LogP) is 2.80. The molecule has 0 radical (unpaired) electrons. The lowest BCUT2D eigenvalue weighted by Crippen LogP contribution is -2.48. The maximum Gasteiger partial charge on any atom is 0.258 e. The molecule has 6 nitrogen and oxygen atoms in total. The van der Waals surface area contributed by atoms with Gasteiger partial charge in [0.1, 0.15) is 11.5 Å². The lowest BCUT2D eigenvalue weighted by atomic mass is 10.1. The van der Waals surface area contributed by atoms with Gasteiger partial charge in [0, 0.05) is 32.7 Å². The van der Waals surface area contributed by atoms with Crippen LogP contribution in [0.2, 0.25) is 0 Å². The van der Waals surface area contributed by atoms with Crippen LogP contribution in [0.1, 0.15) is 22.9 Å². The molecular weight excluding hydrogens is 378 g/mol. The molecule has 154 valence electrons. The molecule has 28 heavy (non-hydrogen) atoms. The molecule has 7 heteroatoms. The number of hydrogen-bond acceptors (Lipinski definition) is 5. The molecule has 1 aliphatic heterocycles. The van der Waals surface area contributed by atoms with Gasteiger partial charge in [0.05, 0.1) is 12.3 Å². The average Bonchev–Trinajstić information content (AvgIpc) is 3.19. The van der Waals surface area contributed by atoms with Crippen molar-refractivity contribution in [2.75, 3.05) is 46.4 Å². The molecule has 0 spiro atoms. The summed E-state index contributed by atoms with van der Waals surface area (Å²) in [6.45, 7) is 8.55. The number of furan rings is 1. The monoisotopic (exact) mass is 407 g/mol. The molecule has 1 unspecified atom stereocenters. The van der Waals surface area contributed by atoms with Gasteiger partial charge in [-0.2, -0.15) is 0 Å². The van der Waals surface area contributed by atoms with Crippen molar-refractivity contribution in [2.24, 2.45) is 0 Å². The summed E-state index contributed by atoms with van der Waals surface area (Å²) in [6.07, 6.45) is 1.68. The zero-order valence-electron chi connectivity index (χ0n) is 16.8. The van der Waals surface area contributed by atoms with Crippen LogP contribution in [0.15, 0.2) is 41.0 Å². The van der Waals surface area contributed by atoms with Gasteiger partial charge < -0.3 is 19.4 Å². The van der Waals surface area contributed by atoms with E-state index in [1.807, 2.05) is 37.3 Å². The molecule has 0 bridgehead atoms. The second-order valence-corrected chi connectivity index (χ2v) is 7.21. The Labute approximate surface area is 173 Å². The second kappa shape index (κ2) is 10.5. The number of carbonyl (C=O) groups excluding carboxylic acids is 1. The highest BCUT2D eigenvalue weighted by Crippen LogP contribution is 2.22. The van der Waals surface area contributed by atoms with Gasteiger partial charge in [0.15, 0.2) is 6.61 Å². The largest absolute Gasteiger partial charge is 0.484 e. The first-order valence-electron chi connectivity index (χ1n) is 9.45. The molecule has 1 aromatic carbocycles. The van der Waals surface area contributed by atoms with Crippen LogP contribution >= 0.6 is 12.4 Å². The van der Waals surface area contributed by atoms with Crippen LogP contribution in [0.3, 0.4) is 0 Å². The normalized spacial score (nSPS) is 16.2. The van der Waals surface area contributed by atoms with Gasteiger partial charge in [0.2, 0.25) is 0 Å². The minimum Gasteiger partial charge on any atom is -0.484 e. The number of nitrogens with zero attached hydrogens (tertiary/aromatic N) is 2. The third-order valence-electron chi connectivity index (χ3n) is 5.19. The molecule has 1 fully saturated rings. The summed E-state index contributed by atoms with van der Waals surface area (Å²) < 4.78 is 11.3. The maximum absolute atomic E-state index is 12.3. The Morgan fingerprint density at radius 3 is 2.57 bits per heavy atom. The second-order valence-electron chi connectivity index (χ2n) is 7.21. The molecule has 0 aliphatic carbocycles. The van der Waals surface area contributed by atoms with Crippen molar-refractivity contribution >= 4 is 18.3 Å². The number of amides is 1. The van der Waals surface area contributed by atoms with Gasteiger partial charge in [-0.15, -0.1) is 12.4 Å². The van der Waals surface area contributed by atoms with E-state index < -0.39 is 0 Å². The Balaban J connectivity index is 0.00000280. The van der Waals surface area contributed by atoms with E-state index in [0.29, 0.717) is 6.54 Å². The number of aryl methyl sites for hydroxylation is 2. The maximum atomic E-state index is 12.3. The SMILES string of the molecule is Cc1ccc(OCC(=O)NCC(c2ccco2)N2CCN(C)CC2)cc1C.Cl. The molecule has 1 aliphatic rings. The van der Waals surface area contributed by atoms with Crippen LogP contribution in [-0.2, 0) is 4.79 Å². The molecule has 1 N–H and O–H groups in total. The smallest absolute Gasteiger partial charge is 0.258 e. The van der Waals surface area contributed by atoms with Crippen molar-refractivity contribution in [2.45, 2.75) is 19.9 Å². The van der Waals surface area contributed by atoms with Gasteiger partial charge in [0.25, 0.3) is 5.91 Å². The zero-order valence-corrected chi connectivity index (χ0v) is 17.6. The standard InChI is InChI=1S/C21H29N3O3.ClH/c1-16-6-7-18(13-17(16)2)27-15-21(25)22-14-19(20-5-4-12-26-20)24-10-8-23(3)9-11-24;/h4-7,12-13,19H,8-11,14-15H2,1-3H3,(H,22,25);1H. The summed E-state index contributed by atoms with van der Waals surface area (Å²) in [6, 6.07) is 9.76. The molecule has 0 saturated carbocycles. The van der Waals surface area contributed by atoms with Crippen molar-refractivity contribution in [1.29, 1.82) is 0 Å². The third-order valence-corrected chi connectivity index (χ3v) is 5.19. The number of ether oxygens (including phenoxy) is 1. The minimum absolute atomic E-state index is 0. The van der Waals surface area contributed by atoms with E-state index in [1.54, 1.807) is 6.26 Å². The van der Waals surface area contributed by atoms with Crippen LogP contribution in [0, 0.1) is 13.8 Å². The average molecular weight is 408 g/mol. The van der Waals surface area contributed by atoms with Crippen molar-refractivity contribution in [3.63, 3.8) is 0 Å². The highest BCUT2D eigenvalue weighted by atomic mass is 35.5. The van der Waals surface area contributed by atoms with E-state index in [-0.39, 0.29) is 31.0 Å². The zero-order chi connectivity index (χ0) is 19.2. The Hall–Kier alpha value is -2.02. The Morgan fingerprint density at radius 1 is 1.18 bits per heavy atom. The predicted molar refractivity (Wildman–Crippen MR) is 112 cm³/mol. The topological polar surface area (TPSA) is 58.0 Å². The minimum atomic E-state index is -0.126. The molecule has 1 aromatic heterocycles. The Morgan fingerprint density at radius 2 is 1.93 bits per heavy atom. The highest BCUT2D eigenvalue weighted by Gasteiger charge is 2.26. The van der Waals surface area contributed by atoms with Gasteiger partial charge in [-0.3, -0.25) is 9.69 Å². The van der Waals surface area contributed by atoms with Gasteiger partial charge in [-0.1, -0.05) is 6.07 Å². The summed E-state index contributed by atoms with van der Waals surface area (Å²) in [5.74, 6) is 1.48. The summed E-state index contributed by atoms with van der Waals surface area (Å²) in [5, 5.41) is 3.00. The summed E-state index contributed by atoms with van der Waals surface area (Å²) in [7, 11) is 2.13. The van der Waals surface area contributed by atoms with Crippen molar-refractivity contribution in [3.8, 4) is 5.75 Å². The van der Waals surface area contributed by atoms with E-state index in [2.05, 4.69) is 29.1 Å². The highest BCUT2D eigenvalue weighted by molar-refractivity contribution is 5.85. The van der Waals surface area contributed by atoms with Crippen LogP contribution < -0.4 is 10.1 Å². The molecule has 3 rings (SSSR count). The fourth-order valence-electron chi connectivity index (χ4n) is 3.24. The number of rotatable bonds is 7. The molecular formula is C21H30ClN3O3. The summed E-state index contributed by atoms with van der Waals surface area (Å²) in [5.41, 5.74) is 2.36. The Kier molecular flexibility index (Phi) is 8.35. The quantitative estimate of drug-likeness (QED) is 0.764. The molecule has 1 atom stereocenters. The number of piperazine rings is 1. The van der Waals surface area contributed by atoms with Crippen LogP contribution in [0.5, 0.6) is 5.75 Å². The van der Waals surface area contributed by atoms with E-state index in [9.17, 15) is 4.79 Å². The van der Waals surface area contributed by atoms with E-state index in [4.69, 9.17) is 9.15 Å². The molecule has 1 amide bonds. The summed E-state index contributed by atoms with van der Waals surface area (Å²) >= 11 is 0. The van der Waals surface area contributed by atoms with Crippen LogP contribution in [0.4, 0.5) is 0 Å². The third kappa shape index (κ3) is 5.99. The number of halogens is 1. The fraction of sp³-hybridized carbons (Fsp3) is 0.476. The lowest BCUT2D eigenvalue weighted by molar-refractivity contribution is -0.123. The van der Waals surface area contributed by atoms with Crippen molar-refractivity contribution < 1.29 is 13.9 Å². The molecule has 1 saturated heterocycles. The van der Waals surface area contributed by atoms with Gasteiger partial charge >= 0.3 is 0 Å². The number of nitrogens with one attached hydrogen (secondary N) is 1. The molecule has 2 heterocycles. The first-order valence-corrected chi connectivity index (χ1v) is 9.45. The number of carbonyl (C=O) groups is 1. The number of hydrogen-bond donors (Lipinski definition) is 1. The van der Waals surface area contributed by atoms with Crippen LogP contribution in [-0.4, -0.2) is 62.1 Å². The van der Waals surface area contributed by atoms with E-state index >= 15 is 0 Å². The fourth-order valence-corrected chi connectivity index (χ4v) is 3.24. The van der Waals surface area contributed by atoms with Crippen LogP contribution in [0.25, 0.3) is 0 Å². The number of likely N-dealkylation sites (N-methyl/N-ethyl adjacent to an activating group) is 1. The molecule has 2 aromatic rings. The van der Waals surface area contributed by atoms with Gasteiger partial charge in [-0.05, 0) is 56.3 Å². The van der Waals surface area contributed by atoms with E-state index in [0.717, 1.165) is 43.3 Å². The lowest BCUT2D eigenvalue weighted by Gasteiger charge is -2.37.